The second kappa shape index (κ2) is 6.74. The van der Waals surface area contributed by atoms with E-state index in [1.807, 2.05) is 6.07 Å². The van der Waals surface area contributed by atoms with Gasteiger partial charge >= 0.3 is 5.97 Å². The minimum absolute atomic E-state index is 0.130. The lowest BCUT2D eigenvalue weighted by atomic mass is 9.90. The van der Waals surface area contributed by atoms with Crippen molar-refractivity contribution in [3.63, 3.8) is 0 Å². The zero-order valence-electron chi connectivity index (χ0n) is 12.7. The highest BCUT2D eigenvalue weighted by molar-refractivity contribution is 5.85. The van der Waals surface area contributed by atoms with Crippen LogP contribution in [0.5, 0.6) is 0 Å². The molecule has 0 aromatic heterocycles. The molecule has 0 heterocycles. The first kappa shape index (κ1) is 15.5. The van der Waals surface area contributed by atoms with E-state index in [2.05, 4.69) is 17.4 Å². The number of aryl methyl sites for hydroxylation is 2. The fraction of sp³-hybridized carbons (Fsp3) is 0.529. The molecule has 1 aliphatic carbocycles. The molecule has 0 radical (unpaired) electrons. The molecule has 4 nitrogen and oxygen atoms in total. The molecular formula is C17H23NO3. The first-order chi connectivity index (χ1) is 9.97. The Bertz CT molecular complexity index is 537. The van der Waals surface area contributed by atoms with E-state index in [9.17, 15) is 9.59 Å². The molecule has 0 fully saturated rings. The van der Waals surface area contributed by atoms with Gasteiger partial charge in [0.25, 0.3) is 0 Å². The number of amides is 1. The third kappa shape index (κ3) is 4.06. The van der Waals surface area contributed by atoms with Crippen LogP contribution in [-0.4, -0.2) is 23.0 Å². The summed E-state index contributed by atoms with van der Waals surface area (Å²) in [7, 11) is 0. The molecule has 1 aliphatic rings. The summed E-state index contributed by atoms with van der Waals surface area (Å²) in [5, 5.41) is 11.7. The van der Waals surface area contributed by atoms with Crippen LogP contribution in [0.25, 0.3) is 0 Å². The van der Waals surface area contributed by atoms with Crippen LogP contribution in [0.4, 0.5) is 0 Å². The predicted octanol–water partition coefficient (Wildman–Crippen LogP) is 2.33. The molecule has 4 heteroatoms. The fourth-order valence-electron chi connectivity index (χ4n) is 2.82. The van der Waals surface area contributed by atoms with E-state index in [-0.39, 0.29) is 18.2 Å². The van der Waals surface area contributed by atoms with E-state index in [1.54, 1.807) is 13.8 Å². The van der Waals surface area contributed by atoms with Gasteiger partial charge in [-0.1, -0.05) is 32.0 Å². The molecule has 114 valence electrons. The molecule has 0 saturated carbocycles. The van der Waals surface area contributed by atoms with Gasteiger partial charge in [0.1, 0.15) is 6.04 Å². The number of benzene rings is 1. The Morgan fingerprint density at radius 2 is 1.86 bits per heavy atom. The van der Waals surface area contributed by atoms with E-state index >= 15 is 0 Å². The van der Waals surface area contributed by atoms with Gasteiger partial charge in [-0.25, -0.2) is 4.79 Å². The Labute approximate surface area is 125 Å². The molecule has 2 rings (SSSR count). The number of nitrogens with one attached hydrogen (secondary N) is 1. The van der Waals surface area contributed by atoms with Gasteiger partial charge in [0.05, 0.1) is 6.42 Å². The smallest absolute Gasteiger partial charge is 0.326 e. The molecule has 0 saturated heterocycles. The molecule has 1 atom stereocenters. The van der Waals surface area contributed by atoms with Crippen molar-refractivity contribution in [2.75, 3.05) is 0 Å². The van der Waals surface area contributed by atoms with Crippen LogP contribution < -0.4 is 5.32 Å². The largest absolute Gasteiger partial charge is 0.480 e. The highest BCUT2D eigenvalue weighted by Gasteiger charge is 2.23. The average molecular weight is 289 g/mol. The number of fused-ring (bicyclic) bond motifs is 1. The molecule has 0 spiro atoms. The Hall–Kier alpha value is -1.84. The van der Waals surface area contributed by atoms with Crippen LogP contribution in [-0.2, 0) is 28.9 Å². The maximum absolute atomic E-state index is 12.0. The van der Waals surface area contributed by atoms with Gasteiger partial charge in [-0.15, -0.1) is 0 Å². The summed E-state index contributed by atoms with van der Waals surface area (Å²) in [4.78, 5) is 23.1. The topological polar surface area (TPSA) is 66.4 Å². The minimum Gasteiger partial charge on any atom is -0.480 e. The number of carbonyl (C=O) groups is 2. The second-order valence-electron chi connectivity index (χ2n) is 6.11. The maximum Gasteiger partial charge on any atom is 0.326 e. The van der Waals surface area contributed by atoms with Crippen molar-refractivity contribution in [3.05, 3.63) is 34.9 Å². The number of carboxylic acids is 1. The summed E-state index contributed by atoms with van der Waals surface area (Å²) in [6.45, 7) is 3.58. The van der Waals surface area contributed by atoms with Gasteiger partial charge in [0.2, 0.25) is 5.91 Å². The van der Waals surface area contributed by atoms with Crippen LogP contribution in [0.15, 0.2) is 18.2 Å². The van der Waals surface area contributed by atoms with E-state index in [4.69, 9.17) is 5.11 Å². The fourth-order valence-corrected chi connectivity index (χ4v) is 2.82. The first-order valence-corrected chi connectivity index (χ1v) is 7.60. The summed E-state index contributed by atoms with van der Waals surface area (Å²) in [5.74, 6) is -1.34. The highest BCUT2D eigenvalue weighted by atomic mass is 16.4. The Balaban J connectivity index is 2.01. The van der Waals surface area contributed by atoms with Crippen LogP contribution in [0.3, 0.4) is 0 Å². The lowest BCUT2D eigenvalue weighted by Crippen LogP contribution is -2.44. The van der Waals surface area contributed by atoms with Crippen LogP contribution in [0, 0.1) is 5.92 Å². The SMILES string of the molecule is CC(C)[C@H](NC(=O)Cc1ccc2c(c1)CCCC2)C(=O)O. The highest BCUT2D eigenvalue weighted by Crippen LogP contribution is 2.22. The van der Waals surface area contributed by atoms with Gasteiger partial charge in [0, 0.05) is 0 Å². The average Bonchev–Trinajstić information content (AvgIpc) is 2.44. The molecule has 0 bridgehead atoms. The van der Waals surface area contributed by atoms with E-state index in [0.717, 1.165) is 18.4 Å². The molecule has 1 aromatic rings. The van der Waals surface area contributed by atoms with Crippen LogP contribution in [0.2, 0.25) is 0 Å². The van der Waals surface area contributed by atoms with E-state index in [1.165, 1.54) is 24.0 Å². The summed E-state index contributed by atoms with van der Waals surface area (Å²) < 4.78 is 0. The summed E-state index contributed by atoms with van der Waals surface area (Å²) in [6, 6.07) is 5.36. The summed E-state index contributed by atoms with van der Waals surface area (Å²) in [6.07, 6.45) is 4.88. The van der Waals surface area contributed by atoms with Gasteiger partial charge in [0.15, 0.2) is 0 Å². The van der Waals surface area contributed by atoms with E-state index in [0.29, 0.717) is 0 Å². The molecular weight excluding hydrogens is 266 g/mol. The Morgan fingerprint density at radius 1 is 1.19 bits per heavy atom. The first-order valence-electron chi connectivity index (χ1n) is 7.60. The predicted molar refractivity (Wildman–Crippen MR) is 81.2 cm³/mol. The summed E-state index contributed by atoms with van der Waals surface area (Å²) in [5.41, 5.74) is 3.68. The minimum atomic E-state index is -0.983. The van der Waals surface area contributed by atoms with Crippen molar-refractivity contribution in [3.8, 4) is 0 Å². The van der Waals surface area contributed by atoms with Crippen molar-refractivity contribution >= 4 is 11.9 Å². The van der Waals surface area contributed by atoms with Gasteiger partial charge < -0.3 is 10.4 Å². The van der Waals surface area contributed by atoms with E-state index < -0.39 is 12.0 Å². The Kier molecular flexibility index (Phi) is 4.99. The van der Waals surface area contributed by atoms with Crippen LogP contribution in [0.1, 0.15) is 43.4 Å². The quantitative estimate of drug-likeness (QED) is 0.874. The number of hydrogen-bond donors (Lipinski definition) is 2. The van der Waals surface area contributed by atoms with Crippen molar-refractivity contribution in [1.29, 1.82) is 0 Å². The van der Waals surface area contributed by atoms with Crippen molar-refractivity contribution in [2.24, 2.45) is 5.92 Å². The second-order valence-corrected chi connectivity index (χ2v) is 6.11. The number of hydrogen-bond acceptors (Lipinski definition) is 2. The standard InChI is InChI=1S/C17H23NO3/c1-11(2)16(17(20)21)18-15(19)10-12-7-8-13-5-3-4-6-14(13)9-12/h7-9,11,16H,3-6,10H2,1-2H3,(H,18,19)(H,20,21)/t16-/m0/s1. The number of aliphatic carboxylic acids is 1. The molecule has 0 unspecified atom stereocenters. The zero-order valence-corrected chi connectivity index (χ0v) is 12.7. The normalized spacial score (nSPS) is 15.4. The maximum atomic E-state index is 12.0. The lowest BCUT2D eigenvalue weighted by molar-refractivity contribution is -0.143. The Morgan fingerprint density at radius 3 is 2.48 bits per heavy atom. The molecule has 1 amide bonds. The lowest BCUT2D eigenvalue weighted by Gasteiger charge is -2.19. The van der Waals surface area contributed by atoms with Gasteiger partial charge in [-0.05, 0) is 48.3 Å². The van der Waals surface area contributed by atoms with Crippen molar-refractivity contribution in [2.45, 2.75) is 52.0 Å². The molecule has 0 aliphatic heterocycles. The van der Waals surface area contributed by atoms with Gasteiger partial charge in [-0.2, -0.15) is 0 Å². The third-order valence-electron chi connectivity index (χ3n) is 4.03. The number of carbonyl (C=O) groups excluding carboxylic acids is 1. The monoisotopic (exact) mass is 289 g/mol. The van der Waals surface area contributed by atoms with Gasteiger partial charge in [-0.3, -0.25) is 4.79 Å². The van der Waals surface area contributed by atoms with Crippen LogP contribution >= 0.6 is 0 Å². The zero-order chi connectivity index (χ0) is 15.4. The van der Waals surface area contributed by atoms with Crippen molar-refractivity contribution < 1.29 is 14.7 Å². The number of rotatable bonds is 5. The molecule has 2 N–H and O–H groups in total. The molecule has 1 aromatic carbocycles. The van der Waals surface area contributed by atoms with Crippen molar-refractivity contribution in [1.82, 2.24) is 5.32 Å². The molecule has 21 heavy (non-hydrogen) atoms. The number of carboxylic acid groups (broad SMARTS) is 1. The third-order valence-corrected chi connectivity index (χ3v) is 4.03. The summed E-state index contributed by atoms with van der Waals surface area (Å²) >= 11 is 0.